The Labute approximate surface area is 109 Å². The molecule has 0 aliphatic carbocycles. The third kappa shape index (κ3) is 4.51. The van der Waals surface area contributed by atoms with Crippen LogP contribution < -0.4 is 15.8 Å². The highest BCUT2D eigenvalue weighted by Gasteiger charge is 2.15. The first-order valence-electron chi connectivity index (χ1n) is 5.89. The maximum Gasteiger partial charge on any atom is 0.387 e. The molecule has 1 atom stereocenters. The molecule has 0 bridgehead atoms. The maximum absolute atomic E-state index is 13.4. The molecule has 19 heavy (non-hydrogen) atoms. The van der Waals surface area contributed by atoms with Crippen LogP contribution in [0.4, 0.5) is 24.5 Å². The van der Waals surface area contributed by atoms with Crippen LogP contribution in [0.2, 0.25) is 0 Å². The second-order valence-electron chi connectivity index (χ2n) is 4.01. The van der Waals surface area contributed by atoms with E-state index in [1.165, 1.54) is 0 Å². The van der Waals surface area contributed by atoms with Gasteiger partial charge in [-0.3, -0.25) is 0 Å². The summed E-state index contributed by atoms with van der Waals surface area (Å²) in [4.78, 5) is 0. The summed E-state index contributed by atoms with van der Waals surface area (Å²) in [6.07, 6.45) is 1.17. The van der Waals surface area contributed by atoms with Crippen LogP contribution in [0.15, 0.2) is 12.1 Å². The van der Waals surface area contributed by atoms with Gasteiger partial charge in [-0.2, -0.15) is 8.78 Å². The number of halogens is 3. The molecule has 7 heteroatoms. The first kappa shape index (κ1) is 15.4. The molecule has 0 saturated heterocycles. The Morgan fingerprint density at radius 1 is 1.42 bits per heavy atom. The SMILES string of the molecule is CCC(CCO)Nc1cc(OC(F)F)c(F)cc1N. The van der Waals surface area contributed by atoms with Crippen molar-refractivity contribution in [3.63, 3.8) is 0 Å². The minimum Gasteiger partial charge on any atom is -0.432 e. The van der Waals surface area contributed by atoms with E-state index in [2.05, 4.69) is 10.1 Å². The average molecular weight is 278 g/mol. The van der Waals surface area contributed by atoms with Crippen molar-refractivity contribution < 1.29 is 23.0 Å². The molecule has 0 fully saturated rings. The molecular weight excluding hydrogens is 261 g/mol. The predicted molar refractivity (Wildman–Crippen MR) is 66.8 cm³/mol. The van der Waals surface area contributed by atoms with Crippen LogP contribution in [-0.2, 0) is 0 Å². The number of alkyl halides is 2. The molecule has 1 aromatic rings. The van der Waals surface area contributed by atoms with Crippen molar-refractivity contribution in [2.75, 3.05) is 17.7 Å². The number of nitrogen functional groups attached to an aromatic ring is 1. The zero-order valence-corrected chi connectivity index (χ0v) is 10.5. The van der Waals surface area contributed by atoms with Crippen molar-refractivity contribution in [2.24, 2.45) is 0 Å². The van der Waals surface area contributed by atoms with Crippen LogP contribution in [0.1, 0.15) is 19.8 Å². The number of nitrogens with two attached hydrogens (primary N) is 1. The van der Waals surface area contributed by atoms with Crippen molar-refractivity contribution in [2.45, 2.75) is 32.4 Å². The summed E-state index contributed by atoms with van der Waals surface area (Å²) < 4.78 is 41.6. The fourth-order valence-corrected chi connectivity index (χ4v) is 1.63. The van der Waals surface area contributed by atoms with E-state index in [0.717, 1.165) is 12.1 Å². The van der Waals surface area contributed by atoms with Crippen LogP contribution >= 0.6 is 0 Å². The number of rotatable bonds is 7. The molecule has 1 rings (SSSR count). The van der Waals surface area contributed by atoms with E-state index < -0.39 is 18.2 Å². The lowest BCUT2D eigenvalue weighted by molar-refractivity contribution is -0.0521. The lowest BCUT2D eigenvalue weighted by Crippen LogP contribution is -2.20. The standard InChI is InChI=1S/C12H17F3N2O2/c1-2-7(3-4-18)17-10-6-11(19-12(14)15)8(13)5-9(10)16/h5-7,12,17-18H,2-4,16H2,1H3. The number of anilines is 2. The van der Waals surface area contributed by atoms with Gasteiger partial charge in [-0.05, 0) is 12.8 Å². The van der Waals surface area contributed by atoms with Gasteiger partial charge in [-0.15, -0.1) is 0 Å². The third-order valence-corrected chi connectivity index (χ3v) is 2.65. The van der Waals surface area contributed by atoms with E-state index in [4.69, 9.17) is 10.8 Å². The summed E-state index contributed by atoms with van der Waals surface area (Å²) in [5.41, 5.74) is 6.01. The Morgan fingerprint density at radius 2 is 2.11 bits per heavy atom. The highest BCUT2D eigenvalue weighted by molar-refractivity contribution is 5.69. The zero-order valence-electron chi connectivity index (χ0n) is 10.5. The van der Waals surface area contributed by atoms with Crippen molar-refractivity contribution in [3.05, 3.63) is 17.9 Å². The molecular formula is C12H17F3N2O2. The van der Waals surface area contributed by atoms with E-state index in [1.807, 2.05) is 6.92 Å². The number of hydrogen-bond acceptors (Lipinski definition) is 4. The van der Waals surface area contributed by atoms with E-state index in [-0.39, 0.29) is 18.3 Å². The molecule has 0 saturated carbocycles. The number of ether oxygens (including phenoxy) is 1. The van der Waals surface area contributed by atoms with Crippen molar-refractivity contribution >= 4 is 11.4 Å². The Bertz CT molecular complexity index is 416. The summed E-state index contributed by atoms with van der Waals surface area (Å²) in [7, 11) is 0. The molecule has 1 aromatic carbocycles. The van der Waals surface area contributed by atoms with E-state index in [9.17, 15) is 13.2 Å². The van der Waals surface area contributed by atoms with Gasteiger partial charge in [-0.1, -0.05) is 6.92 Å². The molecule has 1 unspecified atom stereocenters. The van der Waals surface area contributed by atoms with Crippen LogP contribution in [0.25, 0.3) is 0 Å². The summed E-state index contributed by atoms with van der Waals surface area (Å²) >= 11 is 0. The first-order chi connectivity index (χ1) is 8.97. The molecule has 0 heterocycles. The van der Waals surface area contributed by atoms with E-state index in [1.54, 1.807) is 0 Å². The average Bonchev–Trinajstić information content (AvgIpc) is 2.33. The van der Waals surface area contributed by atoms with Crippen LogP contribution in [0.5, 0.6) is 5.75 Å². The lowest BCUT2D eigenvalue weighted by Gasteiger charge is -2.19. The largest absolute Gasteiger partial charge is 0.432 e. The molecule has 4 N–H and O–H groups in total. The Kier molecular flexibility index (Phi) is 5.75. The van der Waals surface area contributed by atoms with Gasteiger partial charge in [0.2, 0.25) is 0 Å². The number of aliphatic hydroxyl groups is 1. The van der Waals surface area contributed by atoms with Gasteiger partial charge in [0.25, 0.3) is 0 Å². The molecule has 0 aliphatic rings. The fraction of sp³-hybridized carbons (Fsp3) is 0.500. The highest BCUT2D eigenvalue weighted by atomic mass is 19.3. The normalized spacial score (nSPS) is 12.5. The molecule has 4 nitrogen and oxygen atoms in total. The fourth-order valence-electron chi connectivity index (χ4n) is 1.63. The number of benzene rings is 1. The zero-order chi connectivity index (χ0) is 14.4. The van der Waals surface area contributed by atoms with Crippen LogP contribution in [0, 0.1) is 5.82 Å². The quantitative estimate of drug-likeness (QED) is 0.671. The number of nitrogens with one attached hydrogen (secondary N) is 1. The second-order valence-corrected chi connectivity index (χ2v) is 4.01. The predicted octanol–water partition coefficient (Wildman–Crippen LogP) is 2.58. The van der Waals surface area contributed by atoms with Gasteiger partial charge in [-0.25, -0.2) is 4.39 Å². The topological polar surface area (TPSA) is 67.5 Å². The van der Waals surface area contributed by atoms with Crippen molar-refractivity contribution in [1.29, 1.82) is 0 Å². The molecule has 0 spiro atoms. The first-order valence-corrected chi connectivity index (χ1v) is 5.89. The van der Waals surface area contributed by atoms with Gasteiger partial charge in [0.15, 0.2) is 11.6 Å². The van der Waals surface area contributed by atoms with E-state index >= 15 is 0 Å². The summed E-state index contributed by atoms with van der Waals surface area (Å²) in [6, 6.07) is 1.93. The molecule has 108 valence electrons. The second kappa shape index (κ2) is 7.08. The Hall–Kier alpha value is -1.63. The molecule has 0 aromatic heterocycles. The lowest BCUT2D eigenvalue weighted by atomic mass is 10.1. The minimum atomic E-state index is -3.11. The molecule has 0 radical (unpaired) electrons. The van der Waals surface area contributed by atoms with Gasteiger partial charge < -0.3 is 20.9 Å². The Balaban J connectivity index is 2.93. The highest BCUT2D eigenvalue weighted by Crippen LogP contribution is 2.30. The Morgan fingerprint density at radius 3 is 2.63 bits per heavy atom. The summed E-state index contributed by atoms with van der Waals surface area (Å²) in [5, 5.41) is 11.8. The van der Waals surface area contributed by atoms with Gasteiger partial charge in [0.05, 0.1) is 11.4 Å². The smallest absolute Gasteiger partial charge is 0.387 e. The summed E-state index contributed by atoms with van der Waals surface area (Å²) in [6.45, 7) is -1.23. The maximum atomic E-state index is 13.4. The summed E-state index contributed by atoms with van der Waals surface area (Å²) in [5.74, 6) is -1.51. The van der Waals surface area contributed by atoms with E-state index in [0.29, 0.717) is 18.5 Å². The third-order valence-electron chi connectivity index (χ3n) is 2.65. The number of hydrogen-bond donors (Lipinski definition) is 3. The van der Waals surface area contributed by atoms with Crippen LogP contribution in [0.3, 0.4) is 0 Å². The van der Waals surface area contributed by atoms with Gasteiger partial charge in [0.1, 0.15) is 0 Å². The van der Waals surface area contributed by atoms with Gasteiger partial charge >= 0.3 is 6.61 Å². The number of aliphatic hydroxyl groups excluding tert-OH is 1. The van der Waals surface area contributed by atoms with Crippen molar-refractivity contribution in [3.8, 4) is 5.75 Å². The van der Waals surface area contributed by atoms with Crippen molar-refractivity contribution in [1.82, 2.24) is 0 Å². The molecule has 0 aliphatic heterocycles. The molecule has 0 amide bonds. The minimum absolute atomic E-state index is 0.0208. The monoisotopic (exact) mass is 278 g/mol. The van der Waals surface area contributed by atoms with Crippen LogP contribution in [-0.4, -0.2) is 24.4 Å². The van der Waals surface area contributed by atoms with Gasteiger partial charge in [0, 0.05) is 24.8 Å².